The third kappa shape index (κ3) is 6.69. The van der Waals surface area contributed by atoms with Crippen LogP contribution in [0.2, 0.25) is 0 Å². The van der Waals surface area contributed by atoms with E-state index in [0.717, 1.165) is 38.0 Å². The van der Waals surface area contributed by atoms with E-state index in [-0.39, 0.29) is 24.4 Å². The third-order valence-electron chi connectivity index (χ3n) is 5.46. The summed E-state index contributed by atoms with van der Waals surface area (Å²) in [5.41, 5.74) is 1.08. The van der Waals surface area contributed by atoms with E-state index in [9.17, 15) is 14.7 Å². The highest BCUT2D eigenvalue weighted by Crippen LogP contribution is 2.19. The molecule has 2 N–H and O–H groups in total. The van der Waals surface area contributed by atoms with Crippen molar-refractivity contribution >= 4 is 11.9 Å². The normalized spacial score (nSPS) is 20.1. The molecule has 2 heterocycles. The summed E-state index contributed by atoms with van der Waals surface area (Å²) < 4.78 is 10.6. The number of hydrogen-bond acceptors (Lipinski definition) is 7. The zero-order chi connectivity index (χ0) is 20.6. The number of nitrogens with zero attached hydrogens (tertiary/aromatic N) is 2. The van der Waals surface area contributed by atoms with Crippen molar-refractivity contribution in [2.24, 2.45) is 5.92 Å². The maximum atomic E-state index is 11.6. The minimum atomic E-state index is -0.598. The number of piperidine rings is 1. The Morgan fingerprint density at radius 1 is 1.28 bits per heavy atom. The van der Waals surface area contributed by atoms with Crippen LogP contribution < -0.4 is 10.1 Å². The number of esters is 1. The van der Waals surface area contributed by atoms with Crippen LogP contribution in [0.5, 0.6) is 5.75 Å². The fourth-order valence-corrected chi connectivity index (χ4v) is 3.88. The van der Waals surface area contributed by atoms with Gasteiger partial charge in [-0.2, -0.15) is 0 Å². The van der Waals surface area contributed by atoms with Crippen molar-refractivity contribution < 1.29 is 24.2 Å². The van der Waals surface area contributed by atoms with Crippen LogP contribution in [0.4, 0.5) is 0 Å². The minimum Gasteiger partial charge on any atom is -0.491 e. The second-order valence-corrected chi connectivity index (χ2v) is 7.77. The summed E-state index contributed by atoms with van der Waals surface area (Å²) in [6, 6.07) is 7.78. The Labute approximate surface area is 171 Å². The Morgan fingerprint density at radius 2 is 2.07 bits per heavy atom. The Balaban J connectivity index is 1.40. The van der Waals surface area contributed by atoms with Crippen molar-refractivity contribution in [3.05, 3.63) is 29.8 Å². The molecule has 8 nitrogen and oxygen atoms in total. The van der Waals surface area contributed by atoms with E-state index in [1.54, 1.807) is 0 Å². The second kappa shape index (κ2) is 10.6. The van der Waals surface area contributed by atoms with Crippen LogP contribution in [0, 0.1) is 5.92 Å². The SMILES string of the molecule is COC(=O)C1CCN(C[C@H](O)COc2cccc(CN3CCNC(=O)C3)c2)CC1. The predicted molar refractivity (Wildman–Crippen MR) is 107 cm³/mol. The zero-order valence-electron chi connectivity index (χ0n) is 17.0. The maximum Gasteiger partial charge on any atom is 0.308 e. The molecule has 0 radical (unpaired) electrons. The lowest BCUT2D eigenvalue weighted by atomic mass is 9.97. The maximum absolute atomic E-state index is 11.6. The molecule has 1 aromatic rings. The number of benzene rings is 1. The molecule has 2 fully saturated rings. The number of nitrogens with one attached hydrogen (secondary N) is 1. The van der Waals surface area contributed by atoms with E-state index in [1.807, 2.05) is 24.3 Å². The number of likely N-dealkylation sites (tertiary alicyclic amines) is 1. The van der Waals surface area contributed by atoms with Gasteiger partial charge in [-0.25, -0.2) is 0 Å². The largest absolute Gasteiger partial charge is 0.491 e. The Morgan fingerprint density at radius 3 is 2.79 bits per heavy atom. The number of ether oxygens (including phenoxy) is 2. The molecule has 1 aromatic carbocycles. The fourth-order valence-electron chi connectivity index (χ4n) is 3.88. The number of aliphatic hydroxyl groups excluding tert-OH is 1. The molecule has 0 spiro atoms. The molecule has 1 atom stereocenters. The number of piperazine rings is 1. The second-order valence-electron chi connectivity index (χ2n) is 7.77. The van der Waals surface area contributed by atoms with Gasteiger partial charge < -0.3 is 24.8 Å². The molecular formula is C21H31N3O5. The monoisotopic (exact) mass is 405 g/mol. The number of amides is 1. The topological polar surface area (TPSA) is 91.3 Å². The molecule has 8 heteroatoms. The van der Waals surface area contributed by atoms with Gasteiger partial charge in [0.15, 0.2) is 0 Å². The number of hydrogen-bond donors (Lipinski definition) is 2. The summed E-state index contributed by atoms with van der Waals surface area (Å²) in [4.78, 5) is 27.4. The van der Waals surface area contributed by atoms with Gasteiger partial charge >= 0.3 is 5.97 Å². The van der Waals surface area contributed by atoms with Gasteiger partial charge in [0.05, 0.1) is 19.6 Å². The molecule has 0 aromatic heterocycles. The summed E-state index contributed by atoms with van der Waals surface area (Å²) in [7, 11) is 1.42. The molecule has 0 bridgehead atoms. The standard InChI is InChI=1S/C21H31N3O5/c1-28-21(27)17-5-8-23(9-6-17)13-18(25)15-29-19-4-2-3-16(11-19)12-24-10-7-22-20(26)14-24/h2-4,11,17-18,25H,5-10,12-15H2,1H3,(H,22,26)/t18-/m0/s1. The number of aliphatic hydroxyl groups is 1. The highest BCUT2D eigenvalue weighted by Gasteiger charge is 2.26. The summed E-state index contributed by atoms with van der Waals surface area (Å²) in [5.74, 6) is 0.603. The van der Waals surface area contributed by atoms with E-state index in [1.165, 1.54) is 7.11 Å². The molecule has 0 unspecified atom stereocenters. The molecule has 2 aliphatic heterocycles. The molecule has 160 valence electrons. The van der Waals surface area contributed by atoms with Crippen LogP contribution >= 0.6 is 0 Å². The summed E-state index contributed by atoms with van der Waals surface area (Å²) in [6.45, 7) is 4.91. The summed E-state index contributed by atoms with van der Waals surface area (Å²) >= 11 is 0. The Kier molecular flexibility index (Phi) is 7.85. The van der Waals surface area contributed by atoms with Crippen molar-refractivity contribution in [3.63, 3.8) is 0 Å². The Bertz CT molecular complexity index is 691. The van der Waals surface area contributed by atoms with E-state index in [4.69, 9.17) is 9.47 Å². The smallest absolute Gasteiger partial charge is 0.308 e. The number of carbonyl (C=O) groups is 2. The van der Waals surface area contributed by atoms with Crippen LogP contribution in [-0.2, 0) is 20.9 Å². The van der Waals surface area contributed by atoms with Crippen molar-refractivity contribution in [2.75, 3.05) is 53.0 Å². The van der Waals surface area contributed by atoms with Crippen LogP contribution in [0.25, 0.3) is 0 Å². The van der Waals surface area contributed by atoms with E-state index < -0.39 is 6.10 Å². The summed E-state index contributed by atoms with van der Waals surface area (Å²) in [6.07, 6.45) is 0.923. The lowest BCUT2D eigenvalue weighted by Crippen LogP contribution is -2.47. The van der Waals surface area contributed by atoms with Crippen molar-refractivity contribution in [2.45, 2.75) is 25.5 Å². The average molecular weight is 405 g/mol. The zero-order valence-corrected chi connectivity index (χ0v) is 17.0. The van der Waals surface area contributed by atoms with Gasteiger partial charge in [-0.15, -0.1) is 0 Å². The molecule has 2 aliphatic rings. The first-order valence-corrected chi connectivity index (χ1v) is 10.2. The number of rotatable bonds is 8. The van der Waals surface area contributed by atoms with Gasteiger partial charge in [-0.1, -0.05) is 12.1 Å². The van der Waals surface area contributed by atoms with Crippen LogP contribution in [0.1, 0.15) is 18.4 Å². The molecule has 0 saturated carbocycles. The first-order chi connectivity index (χ1) is 14.0. The van der Waals surface area contributed by atoms with Crippen LogP contribution in [-0.4, -0.2) is 85.9 Å². The lowest BCUT2D eigenvalue weighted by Gasteiger charge is -2.31. The van der Waals surface area contributed by atoms with Gasteiger partial charge in [0.2, 0.25) is 5.91 Å². The lowest BCUT2D eigenvalue weighted by molar-refractivity contribution is -0.147. The number of methoxy groups -OCH3 is 1. The van der Waals surface area contributed by atoms with Gasteiger partial charge in [-0.05, 0) is 43.6 Å². The van der Waals surface area contributed by atoms with Crippen molar-refractivity contribution in [3.8, 4) is 5.75 Å². The van der Waals surface area contributed by atoms with Gasteiger partial charge in [0.1, 0.15) is 18.5 Å². The molecular weight excluding hydrogens is 374 g/mol. The quantitative estimate of drug-likeness (QED) is 0.599. The first kappa shape index (κ1) is 21.5. The predicted octanol–water partition coefficient (Wildman–Crippen LogP) is 0.243. The average Bonchev–Trinajstić information content (AvgIpc) is 2.72. The molecule has 3 rings (SSSR count). The van der Waals surface area contributed by atoms with Crippen molar-refractivity contribution in [1.29, 1.82) is 0 Å². The number of β-amino-alcohol motifs (C(OH)–C–C–N with tert-alkyl or cyclic N) is 1. The van der Waals surface area contributed by atoms with Crippen molar-refractivity contribution in [1.82, 2.24) is 15.1 Å². The molecule has 0 aliphatic carbocycles. The molecule has 2 saturated heterocycles. The third-order valence-corrected chi connectivity index (χ3v) is 5.46. The Hall–Kier alpha value is -2.16. The molecule has 1 amide bonds. The highest BCUT2D eigenvalue weighted by atomic mass is 16.5. The van der Waals surface area contributed by atoms with E-state index in [0.29, 0.717) is 31.9 Å². The minimum absolute atomic E-state index is 0.0293. The van der Waals surface area contributed by atoms with E-state index in [2.05, 4.69) is 15.1 Å². The van der Waals surface area contributed by atoms with Crippen LogP contribution in [0.15, 0.2) is 24.3 Å². The highest BCUT2D eigenvalue weighted by molar-refractivity contribution is 5.78. The summed E-state index contributed by atoms with van der Waals surface area (Å²) in [5, 5.41) is 13.2. The van der Waals surface area contributed by atoms with Crippen LogP contribution in [0.3, 0.4) is 0 Å². The van der Waals surface area contributed by atoms with Gasteiger partial charge in [0, 0.05) is 26.2 Å². The van der Waals surface area contributed by atoms with Gasteiger partial charge in [-0.3, -0.25) is 14.5 Å². The number of carbonyl (C=O) groups excluding carboxylic acids is 2. The fraction of sp³-hybridized carbons (Fsp3) is 0.619. The van der Waals surface area contributed by atoms with Gasteiger partial charge in [0.25, 0.3) is 0 Å². The molecule has 29 heavy (non-hydrogen) atoms. The van der Waals surface area contributed by atoms with E-state index >= 15 is 0 Å². The first-order valence-electron chi connectivity index (χ1n) is 10.2.